The molecule has 1 N–H and O–H groups in total. The van der Waals surface area contributed by atoms with Crippen LogP contribution in [0.25, 0.3) is 0 Å². The number of benzene rings is 1. The number of urea groups is 1. The fourth-order valence-electron chi connectivity index (χ4n) is 4.53. The smallest absolute Gasteiger partial charge is 0.305 e. The van der Waals surface area contributed by atoms with Crippen LogP contribution in [0, 0.1) is 5.92 Å². The van der Waals surface area contributed by atoms with Gasteiger partial charge in [-0.05, 0) is 96.8 Å². The number of anilines is 1. The quantitative estimate of drug-likeness (QED) is 0.619. The van der Waals surface area contributed by atoms with Crippen LogP contribution in [0.5, 0.6) is 0 Å². The minimum Gasteiger partial charge on any atom is -0.305 e. The Kier molecular flexibility index (Phi) is 5.94. The molecule has 0 radical (unpaired) electrons. The van der Waals surface area contributed by atoms with Crippen molar-refractivity contribution in [3.8, 4) is 0 Å². The maximum Gasteiger partial charge on any atom is 0.352 e. The molecule has 6 heteroatoms. The predicted molar refractivity (Wildman–Crippen MR) is 129 cm³/mol. The number of fused-ring (bicyclic) bond motifs is 2. The first-order valence-corrected chi connectivity index (χ1v) is 12.9. The normalized spacial score (nSPS) is 19.2. The molecule has 162 valence electrons. The zero-order valence-electron chi connectivity index (χ0n) is 19.0. The number of amides is 2. The fraction of sp³-hybridized carbons (Fsp3) is 0.542. The van der Waals surface area contributed by atoms with Crippen molar-refractivity contribution in [2.45, 2.75) is 69.4 Å². The summed E-state index contributed by atoms with van der Waals surface area (Å²) in [5.41, 5.74) is 8.02. The molecule has 2 atom stereocenters. The van der Waals surface area contributed by atoms with Crippen molar-refractivity contribution >= 4 is 33.9 Å². The van der Waals surface area contributed by atoms with E-state index in [4.69, 9.17) is 0 Å². The molecule has 2 aromatic rings. The van der Waals surface area contributed by atoms with Crippen LogP contribution in [-0.2, 0) is 42.0 Å². The minimum atomic E-state index is -0.596. The van der Waals surface area contributed by atoms with Crippen LogP contribution in [0.1, 0.15) is 61.9 Å². The second-order valence-corrected chi connectivity index (χ2v) is 12.9. The Morgan fingerprint density at radius 2 is 1.93 bits per heavy atom. The van der Waals surface area contributed by atoms with Gasteiger partial charge in [0.25, 0.3) is 0 Å². The monoisotopic (exact) mass is 443 g/mol. The van der Waals surface area contributed by atoms with Crippen LogP contribution in [0.15, 0.2) is 26.1 Å². The van der Waals surface area contributed by atoms with Gasteiger partial charge in [0.1, 0.15) is 0 Å². The summed E-state index contributed by atoms with van der Waals surface area (Å²) < 4.78 is 7.80. The Morgan fingerprint density at radius 3 is 2.60 bits per heavy atom. The number of thiophene rings is 1. The molecular weight excluding hydrogens is 410 g/mol. The van der Waals surface area contributed by atoms with E-state index in [1.54, 1.807) is 11.3 Å². The standard InChI is InChI=1S/C24H33N3OS2/c1-15-10-17-12-16-8-7-9-19(16)22(20(17)11-15)25-23(28)26-30(27(5)6)21-13-18(14-29-21)24(2,3)4/h12-15H,7-11H2,1-6H3,(H,25,28). The Morgan fingerprint density at radius 1 is 1.17 bits per heavy atom. The maximum atomic E-state index is 13.1. The number of aryl methyl sites for hydroxylation is 1. The van der Waals surface area contributed by atoms with Crippen LogP contribution < -0.4 is 5.32 Å². The van der Waals surface area contributed by atoms with Crippen LogP contribution in [-0.4, -0.2) is 24.4 Å². The van der Waals surface area contributed by atoms with Gasteiger partial charge in [-0.15, -0.1) is 11.3 Å². The molecule has 2 unspecified atom stereocenters. The maximum absolute atomic E-state index is 13.1. The van der Waals surface area contributed by atoms with Gasteiger partial charge >= 0.3 is 6.03 Å². The van der Waals surface area contributed by atoms with E-state index in [-0.39, 0.29) is 11.4 Å². The van der Waals surface area contributed by atoms with Gasteiger partial charge in [-0.25, -0.2) is 9.10 Å². The number of rotatable bonds is 3. The van der Waals surface area contributed by atoms with Crippen molar-refractivity contribution in [2.24, 2.45) is 10.3 Å². The number of hydrogen-bond acceptors (Lipinski definition) is 2. The van der Waals surface area contributed by atoms with Gasteiger partial charge in [0, 0.05) is 16.6 Å². The van der Waals surface area contributed by atoms with Crippen molar-refractivity contribution in [3.05, 3.63) is 45.3 Å². The third-order valence-electron chi connectivity index (χ3n) is 6.09. The van der Waals surface area contributed by atoms with E-state index in [1.807, 2.05) is 18.4 Å². The number of carbonyl (C=O) groups excluding carboxylic acids is 1. The van der Waals surface area contributed by atoms with Crippen molar-refractivity contribution < 1.29 is 4.79 Å². The lowest BCUT2D eigenvalue weighted by Gasteiger charge is -2.17. The third-order valence-corrected chi connectivity index (χ3v) is 9.06. The first-order chi connectivity index (χ1) is 14.1. The van der Waals surface area contributed by atoms with Crippen LogP contribution in [0.3, 0.4) is 0 Å². The zero-order chi connectivity index (χ0) is 21.6. The molecule has 30 heavy (non-hydrogen) atoms. The van der Waals surface area contributed by atoms with Gasteiger partial charge in [0.2, 0.25) is 0 Å². The molecule has 2 aliphatic carbocycles. The van der Waals surface area contributed by atoms with Crippen molar-refractivity contribution in [1.29, 1.82) is 0 Å². The Hall–Kier alpha value is -1.50. The summed E-state index contributed by atoms with van der Waals surface area (Å²) in [7, 11) is 3.40. The summed E-state index contributed by atoms with van der Waals surface area (Å²) in [5.74, 6) is 0.647. The fourth-order valence-corrected chi connectivity index (χ4v) is 7.49. The lowest BCUT2D eigenvalue weighted by atomic mass is 9.90. The number of nitrogens with zero attached hydrogens (tertiary/aromatic N) is 2. The first kappa shape index (κ1) is 21.7. The molecule has 0 spiro atoms. The molecule has 2 amide bonds. The summed E-state index contributed by atoms with van der Waals surface area (Å²) in [6, 6.07) is 4.39. The predicted octanol–water partition coefficient (Wildman–Crippen LogP) is 6.14. The van der Waals surface area contributed by atoms with Gasteiger partial charge in [0.15, 0.2) is 0 Å². The molecule has 1 aromatic carbocycles. The number of nitrogens with one attached hydrogen (secondary N) is 1. The average Bonchev–Trinajstić information content (AvgIpc) is 3.36. The van der Waals surface area contributed by atoms with E-state index >= 15 is 0 Å². The summed E-state index contributed by atoms with van der Waals surface area (Å²) in [4.78, 5) is 13.1. The lowest BCUT2D eigenvalue weighted by molar-refractivity contribution is 0.260. The Labute approximate surface area is 187 Å². The molecule has 2 aliphatic rings. The Bertz CT molecular complexity index is 1010. The summed E-state index contributed by atoms with van der Waals surface area (Å²) >= 11 is 1.70. The van der Waals surface area contributed by atoms with Gasteiger partial charge < -0.3 is 5.32 Å². The molecule has 0 saturated carbocycles. The zero-order valence-corrected chi connectivity index (χ0v) is 20.6. The van der Waals surface area contributed by atoms with E-state index in [9.17, 15) is 4.79 Å². The first-order valence-electron chi connectivity index (χ1n) is 10.8. The number of hydrogen-bond donors (Lipinski definition) is 1. The van der Waals surface area contributed by atoms with E-state index in [2.05, 4.69) is 54.9 Å². The van der Waals surface area contributed by atoms with Crippen LogP contribution in [0.2, 0.25) is 0 Å². The molecular formula is C24H33N3OS2. The van der Waals surface area contributed by atoms with Crippen molar-refractivity contribution in [1.82, 2.24) is 4.31 Å². The highest BCUT2D eigenvalue weighted by atomic mass is 32.2. The average molecular weight is 444 g/mol. The van der Waals surface area contributed by atoms with Crippen molar-refractivity contribution in [3.63, 3.8) is 0 Å². The van der Waals surface area contributed by atoms with E-state index < -0.39 is 10.9 Å². The van der Waals surface area contributed by atoms with Gasteiger partial charge in [-0.3, -0.25) is 0 Å². The highest BCUT2D eigenvalue weighted by Gasteiger charge is 2.28. The molecule has 0 aliphatic heterocycles. The highest BCUT2D eigenvalue weighted by Crippen LogP contribution is 2.40. The summed E-state index contributed by atoms with van der Waals surface area (Å²) in [5, 5.41) is 5.43. The molecule has 4 nitrogen and oxygen atoms in total. The van der Waals surface area contributed by atoms with E-state index in [0.717, 1.165) is 35.6 Å². The molecule has 1 heterocycles. The molecule has 0 saturated heterocycles. The summed E-state index contributed by atoms with van der Waals surface area (Å²) in [6.07, 6.45) is 5.54. The van der Waals surface area contributed by atoms with Gasteiger partial charge in [0.05, 0.1) is 4.21 Å². The SMILES string of the molecule is CC1Cc2cc3c(c(NC(=O)/N=S(\c4cc(C(C)(C)C)cs4)N(C)C)c2C1)CCC3. The van der Waals surface area contributed by atoms with Gasteiger partial charge in [-0.2, -0.15) is 4.36 Å². The van der Waals surface area contributed by atoms with Crippen LogP contribution in [0.4, 0.5) is 10.5 Å². The number of carbonyl (C=O) groups is 1. The topological polar surface area (TPSA) is 44.7 Å². The molecule has 0 bridgehead atoms. The summed E-state index contributed by atoms with van der Waals surface area (Å²) in [6.45, 7) is 8.95. The van der Waals surface area contributed by atoms with E-state index in [1.165, 1.54) is 34.2 Å². The molecule has 0 fully saturated rings. The largest absolute Gasteiger partial charge is 0.352 e. The highest BCUT2D eigenvalue weighted by molar-refractivity contribution is 7.87. The van der Waals surface area contributed by atoms with Gasteiger partial charge in [-0.1, -0.05) is 33.8 Å². The second-order valence-electron chi connectivity index (χ2n) is 9.90. The van der Waals surface area contributed by atoms with Crippen molar-refractivity contribution in [2.75, 3.05) is 19.4 Å². The van der Waals surface area contributed by atoms with E-state index in [0.29, 0.717) is 5.92 Å². The Balaban J connectivity index is 1.65. The lowest BCUT2D eigenvalue weighted by Crippen LogP contribution is -2.19. The minimum absolute atomic E-state index is 0.0974. The third kappa shape index (κ3) is 4.27. The molecule has 4 rings (SSSR count). The molecule has 1 aromatic heterocycles. The second kappa shape index (κ2) is 8.21. The van der Waals surface area contributed by atoms with Crippen LogP contribution >= 0.6 is 11.3 Å².